The van der Waals surface area contributed by atoms with Gasteiger partial charge in [0.05, 0.1) is 0 Å². The van der Waals surface area contributed by atoms with E-state index in [0.29, 0.717) is 5.70 Å². The van der Waals surface area contributed by atoms with Crippen LogP contribution in [0.25, 0.3) is 0 Å². The topological polar surface area (TPSA) is 24.7 Å². The third kappa shape index (κ3) is 3.62. The van der Waals surface area contributed by atoms with Crippen LogP contribution in [-0.2, 0) is 0 Å². The van der Waals surface area contributed by atoms with Gasteiger partial charge in [-0.1, -0.05) is 12.5 Å². The SMILES string of the molecule is C#CC(=C)N=CC(C)=NC. The lowest BCUT2D eigenvalue weighted by molar-refractivity contribution is 1.43. The fourth-order valence-corrected chi connectivity index (χ4v) is 0.266. The van der Waals surface area contributed by atoms with Crippen molar-refractivity contribution in [2.75, 3.05) is 7.05 Å². The zero-order chi connectivity index (χ0) is 7.98. The van der Waals surface area contributed by atoms with Crippen molar-refractivity contribution in [3.63, 3.8) is 0 Å². The third-order valence-corrected chi connectivity index (χ3v) is 0.927. The van der Waals surface area contributed by atoms with E-state index in [4.69, 9.17) is 6.42 Å². The largest absolute Gasteiger partial charge is 0.292 e. The highest BCUT2D eigenvalue weighted by atomic mass is 14.8. The molecule has 0 amide bonds. The summed E-state index contributed by atoms with van der Waals surface area (Å²) in [5, 5.41) is 0. The van der Waals surface area contributed by atoms with Gasteiger partial charge in [0, 0.05) is 19.0 Å². The monoisotopic (exact) mass is 134 g/mol. The van der Waals surface area contributed by atoms with Crippen molar-refractivity contribution in [1.29, 1.82) is 0 Å². The maximum atomic E-state index is 5.00. The molecule has 0 heterocycles. The van der Waals surface area contributed by atoms with E-state index in [-0.39, 0.29) is 0 Å². The van der Waals surface area contributed by atoms with Crippen molar-refractivity contribution in [3.05, 3.63) is 12.3 Å². The average molecular weight is 134 g/mol. The molecule has 10 heavy (non-hydrogen) atoms. The first-order valence-electron chi connectivity index (χ1n) is 2.83. The Morgan fingerprint density at radius 1 is 1.70 bits per heavy atom. The third-order valence-electron chi connectivity index (χ3n) is 0.927. The predicted molar refractivity (Wildman–Crippen MR) is 45.5 cm³/mol. The molecule has 0 aromatic heterocycles. The molecule has 0 aliphatic carbocycles. The molecule has 0 aliphatic rings. The molecule has 0 aromatic rings. The van der Waals surface area contributed by atoms with E-state index in [2.05, 4.69) is 22.5 Å². The van der Waals surface area contributed by atoms with Crippen molar-refractivity contribution in [3.8, 4) is 12.3 Å². The van der Waals surface area contributed by atoms with Gasteiger partial charge in [0.15, 0.2) is 0 Å². The summed E-state index contributed by atoms with van der Waals surface area (Å²) in [5.74, 6) is 2.30. The first-order valence-corrected chi connectivity index (χ1v) is 2.83. The maximum Gasteiger partial charge on any atom is 0.105 e. The highest BCUT2D eigenvalue weighted by Gasteiger charge is 1.80. The Labute approximate surface area is 61.4 Å². The van der Waals surface area contributed by atoms with Gasteiger partial charge in [-0.15, -0.1) is 6.42 Å². The van der Waals surface area contributed by atoms with Gasteiger partial charge in [0.25, 0.3) is 0 Å². The van der Waals surface area contributed by atoms with Crippen LogP contribution in [0.2, 0.25) is 0 Å². The van der Waals surface area contributed by atoms with Crippen LogP contribution in [0, 0.1) is 12.3 Å². The Morgan fingerprint density at radius 3 is 2.70 bits per heavy atom. The number of allylic oxidation sites excluding steroid dienone is 1. The molecule has 52 valence electrons. The molecule has 0 saturated carbocycles. The highest BCUT2D eigenvalue weighted by molar-refractivity contribution is 6.29. The minimum absolute atomic E-state index is 0.419. The second kappa shape index (κ2) is 4.51. The minimum atomic E-state index is 0.419. The molecule has 0 unspecified atom stereocenters. The molecule has 0 atom stereocenters. The van der Waals surface area contributed by atoms with Crippen LogP contribution in [0.1, 0.15) is 6.92 Å². The Hall–Kier alpha value is -1.36. The summed E-state index contributed by atoms with van der Waals surface area (Å²) in [4.78, 5) is 7.68. The molecule has 0 rings (SSSR count). The smallest absolute Gasteiger partial charge is 0.105 e. The van der Waals surface area contributed by atoms with E-state index >= 15 is 0 Å². The first kappa shape index (κ1) is 8.64. The molecule has 0 saturated heterocycles. The molecule has 0 fully saturated rings. The van der Waals surface area contributed by atoms with Crippen molar-refractivity contribution < 1.29 is 0 Å². The van der Waals surface area contributed by atoms with Crippen molar-refractivity contribution >= 4 is 11.9 Å². The van der Waals surface area contributed by atoms with Crippen molar-refractivity contribution in [2.45, 2.75) is 6.92 Å². The predicted octanol–water partition coefficient (Wildman–Crippen LogP) is 1.29. The van der Waals surface area contributed by atoms with E-state index in [0.717, 1.165) is 5.71 Å². The van der Waals surface area contributed by atoms with Crippen molar-refractivity contribution in [1.82, 2.24) is 0 Å². The molecule has 0 N–H and O–H groups in total. The molecule has 0 radical (unpaired) electrons. The summed E-state index contributed by atoms with van der Waals surface area (Å²) in [7, 11) is 1.69. The van der Waals surface area contributed by atoms with Gasteiger partial charge in [-0.2, -0.15) is 0 Å². The second-order valence-corrected chi connectivity index (χ2v) is 1.71. The second-order valence-electron chi connectivity index (χ2n) is 1.71. The maximum absolute atomic E-state index is 5.00. The molecular formula is C8H10N2. The summed E-state index contributed by atoms with van der Waals surface area (Å²) >= 11 is 0. The fourth-order valence-electron chi connectivity index (χ4n) is 0.266. The molecule has 0 aromatic carbocycles. The van der Waals surface area contributed by atoms with Gasteiger partial charge in [0.1, 0.15) is 5.70 Å². The van der Waals surface area contributed by atoms with Gasteiger partial charge in [0.2, 0.25) is 0 Å². The lowest BCUT2D eigenvalue weighted by atomic mass is 10.4. The van der Waals surface area contributed by atoms with Crippen LogP contribution in [0.3, 0.4) is 0 Å². The number of nitrogens with zero attached hydrogens (tertiary/aromatic N) is 2. The minimum Gasteiger partial charge on any atom is -0.292 e. The zero-order valence-corrected chi connectivity index (χ0v) is 6.26. The fraction of sp³-hybridized carbons (Fsp3) is 0.250. The normalized spacial score (nSPS) is 11.5. The number of terminal acetylenes is 1. The van der Waals surface area contributed by atoms with Gasteiger partial charge in [-0.3, -0.25) is 4.99 Å². The molecule has 0 bridgehead atoms. The van der Waals surface area contributed by atoms with Gasteiger partial charge < -0.3 is 0 Å². The number of hydrogen-bond donors (Lipinski definition) is 0. The number of rotatable bonds is 2. The van der Waals surface area contributed by atoms with Gasteiger partial charge in [-0.05, 0) is 6.92 Å². The van der Waals surface area contributed by atoms with E-state index < -0.39 is 0 Å². The summed E-state index contributed by atoms with van der Waals surface area (Å²) in [6.07, 6.45) is 6.58. The van der Waals surface area contributed by atoms with Crippen LogP contribution in [0.4, 0.5) is 0 Å². The van der Waals surface area contributed by atoms with E-state index in [1.165, 1.54) is 0 Å². The van der Waals surface area contributed by atoms with Crippen LogP contribution >= 0.6 is 0 Å². The summed E-state index contributed by atoms with van der Waals surface area (Å²) in [6.45, 7) is 5.33. The lowest BCUT2D eigenvalue weighted by Gasteiger charge is -1.85. The number of hydrogen-bond acceptors (Lipinski definition) is 2. The molecule has 0 aliphatic heterocycles. The summed E-state index contributed by atoms with van der Waals surface area (Å²) in [5.41, 5.74) is 1.25. The summed E-state index contributed by atoms with van der Waals surface area (Å²) < 4.78 is 0. The van der Waals surface area contributed by atoms with Crippen LogP contribution in [-0.4, -0.2) is 19.0 Å². The Morgan fingerprint density at radius 2 is 2.30 bits per heavy atom. The first-order chi connectivity index (χ1) is 4.70. The Balaban J connectivity index is 4.04. The van der Waals surface area contributed by atoms with E-state index in [1.54, 1.807) is 13.3 Å². The zero-order valence-electron chi connectivity index (χ0n) is 6.26. The quantitative estimate of drug-likeness (QED) is 0.401. The van der Waals surface area contributed by atoms with Crippen LogP contribution < -0.4 is 0 Å². The molecule has 2 nitrogen and oxygen atoms in total. The Kier molecular flexibility index (Phi) is 3.90. The average Bonchev–Trinajstić information content (AvgIpc) is 1.99. The summed E-state index contributed by atoms with van der Waals surface area (Å²) in [6, 6.07) is 0. The highest BCUT2D eigenvalue weighted by Crippen LogP contribution is 1.85. The van der Waals surface area contributed by atoms with Crippen LogP contribution in [0.5, 0.6) is 0 Å². The molecular weight excluding hydrogens is 124 g/mol. The molecule has 2 heteroatoms. The van der Waals surface area contributed by atoms with E-state index in [9.17, 15) is 0 Å². The van der Waals surface area contributed by atoms with E-state index in [1.807, 2.05) is 6.92 Å². The van der Waals surface area contributed by atoms with Crippen LogP contribution in [0.15, 0.2) is 22.3 Å². The number of aliphatic imine (C=N–C) groups is 2. The standard InChI is InChI=1S/C8H10N2/c1-5-7(2)10-6-8(3)9-4/h1,6H,2H2,3-4H3. The van der Waals surface area contributed by atoms with Crippen molar-refractivity contribution in [2.24, 2.45) is 9.98 Å². The molecule has 0 spiro atoms. The Bertz CT molecular complexity index is 216. The van der Waals surface area contributed by atoms with Gasteiger partial charge >= 0.3 is 0 Å². The van der Waals surface area contributed by atoms with Gasteiger partial charge in [-0.25, -0.2) is 4.99 Å². The lowest BCUT2D eigenvalue weighted by Crippen LogP contribution is -1.91.